The normalized spacial score (nSPS) is 17.5. The summed E-state index contributed by atoms with van der Waals surface area (Å²) in [6, 6.07) is 2.09. The van der Waals surface area contributed by atoms with Gasteiger partial charge in [0.2, 0.25) is 0 Å². The Balaban J connectivity index is 2.30. The Morgan fingerprint density at radius 2 is 2.13 bits per heavy atom. The van der Waals surface area contributed by atoms with Crippen molar-refractivity contribution in [2.24, 2.45) is 0 Å². The van der Waals surface area contributed by atoms with Gasteiger partial charge in [0, 0.05) is 30.4 Å². The minimum Gasteiger partial charge on any atom is -0.383 e. The highest BCUT2D eigenvalue weighted by Gasteiger charge is 2.26. The number of anilines is 1. The lowest BCUT2D eigenvalue weighted by molar-refractivity contribution is 0.121. The predicted octanol–water partition coefficient (Wildman–Crippen LogP) is 1.82. The molecule has 1 aromatic rings. The van der Waals surface area contributed by atoms with Crippen molar-refractivity contribution in [1.82, 2.24) is 9.88 Å². The average Bonchev–Trinajstić information content (AvgIpc) is 2.16. The number of fused-ring (bicyclic) bond motifs is 1. The van der Waals surface area contributed by atoms with Crippen molar-refractivity contribution < 1.29 is 0 Å². The molecule has 3 nitrogen and oxygen atoms in total. The fourth-order valence-electron chi connectivity index (χ4n) is 2.07. The van der Waals surface area contributed by atoms with Crippen LogP contribution in [0.4, 0.5) is 5.82 Å². The first-order valence-corrected chi connectivity index (χ1v) is 5.46. The van der Waals surface area contributed by atoms with Gasteiger partial charge in [-0.25, -0.2) is 4.98 Å². The molecule has 0 saturated heterocycles. The third-order valence-electron chi connectivity index (χ3n) is 3.13. The summed E-state index contributed by atoms with van der Waals surface area (Å²) in [6.45, 7) is 8.76. The molecule has 0 saturated carbocycles. The van der Waals surface area contributed by atoms with Gasteiger partial charge in [-0.05, 0) is 38.8 Å². The SMILES string of the molecule is CC(C)(C)N1CCc2ccnc(N)c2C1. The van der Waals surface area contributed by atoms with Crippen molar-refractivity contribution in [2.45, 2.75) is 39.3 Å². The Hall–Kier alpha value is -1.09. The van der Waals surface area contributed by atoms with Crippen LogP contribution in [-0.2, 0) is 13.0 Å². The second-order valence-electron chi connectivity index (χ2n) is 5.18. The molecule has 0 atom stereocenters. The number of nitrogens with zero attached hydrogens (tertiary/aromatic N) is 2. The van der Waals surface area contributed by atoms with Crippen LogP contribution in [0.25, 0.3) is 0 Å². The Morgan fingerprint density at radius 1 is 1.40 bits per heavy atom. The molecule has 0 fully saturated rings. The molecule has 2 rings (SSSR count). The van der Waals surface area contributed by atoms with Crippen molar-refractivity contribution in [3.63, 3.8) is 0 Å². The standard InChI is InChI=1S/C12H19N3/c1-12(2,3)15-7-5-9-4-6-14-11(13)10(9)8-15/h4,6H,5,7-8H2,1-3H3,(H2,13,14). The maximum absolute atomic E-state index is 5.91. The summed E-state index contributed by atoms with van der Waals surface area (Å²) in [5.74, 6) is 0.696. The van der Waals surface area contributed by atoms with Crippen LogP contribution in [0.15, 0.2) is 12.3 Å². The van der Waals surface area contributed by atoms with Crippen molar-refractivity contribution in [3.8, 4) is 0 Å². The number of pyridine rings is 1. The summed E-state index contributed by atoms with van der Waals surface area (Å²) < 4.78 is 0. The summed E-state index contributed by atoms with van der Waals surface area (Å²) in [7, 11) is 0. The number of hydrogen-bond donors (Lipinski definition) is 1. The molecule has 1 aliphatic rings. The highest BCUT2D eigenvalue weighted by atomic mass is 15.2. The number of rotatable bonds is 0. The van der Waals surface area contributed by atoms with E-state index in [1.807, 2.05) is 0 Å². The third-order valence-corrected chi connectivity index (χ3v) is 3.13. The first-order chi connectivity index (χ1) is 6.98. The van der Waals surface area contributed by atoms with Gasteiger partial charge >= 0.3 is 0 Å². The molecule has 0 amide bonds. The molecule has 1 aromatic heterocycles. The smallest absolute Gasteiger partial charge is 0.128 e. The van der Waals surface area contributed by atoms with Gasteiger partial charge in [-0.3, -0.25) is 4.90 Å². The zero-order chi connectivity index (χ0) is 11.1. The lowest BCUT2D eigenvalue weighted by atomic mass is 9.96. The maximum atomic E-state index is 5.91. The van der Waals surface area contributed by atoms with Gasteiger partial charge in [0.25, 0.3) is 0 Å². The second kappa shape index (κ2) is 3.49. The van der Waals surface area contributed by atoms with Gasteiger partial charge in [0.15, 0.2) is 0 Å². The van der Waals surface area contributed by atoms with E-state index in [1.165, 1.54) is 11.1 Å². The summed E-state index contributed by atoms with van der Waals surface area (Å²) in [4.78, 5) is 6.61. The average molecular weight is 205 g/mol. The topological polar surface area (TPSA) is 42.2 Å². The number of hydrogen-bond acceptors (Lipinski definition) is 3. The van der Waals surface area contributed by atoms with Crippen LogP contribution < -0.4 is 5.73 Å². The van der Waals surface area contributed by atoms with Gasteiger partial charge in [0.1, 0.15) is 5.82 Å². The molecule has 0 spiro atoms. The molecule has 2 heterocycles. The molecule has 2 N–H and O–H groups in total. The van der Waals surface area contributed by atoms with E-state index in [0.717, 1.165) is 19.5 Å². The van der Waals surface area contributed by atoms with E-state index in [1.54, 1.807) is 6.20 Å². The van der Waals surface area contributed by atoms with Crippen LogP contribution in [0.3, 0.4) is 0 Å². The highest BCUT2D eigenvalue weighted by Crippen LogP contribution is 2.27. The first kappa shape index (κ1) is 10.4. The monoisotopic (exact) mass is 205 g/mol. The van der Waals surface area contributed by atoms with Gasteiger partial charge in [-0.15, -0.1) is 0 Å². The molecule has 82 valence electrons. The Morgan fingerprint density at radius 3 is 2.80 bits per heavy atom. The van der Waals surface area contributed by atoms with Crippen molar-refractivity contribution in [1.29, 1.82) is 0 Å². The fourth-order valence-corrected chi connectivity index (χ4v) is 2.07. The number of nitrogens with two attached hydrogens (primary N) is 1. The molecule has 0 unspecified atom stereocenters. The lowest BCUT2D eigenvalue weighted by Crippen LogP contribution is -2.44. The Bertz CT molecular complexity index is 366. The van der Waals surface area contributed by atoms with E-state index >= 15 is 0 Å². The minimum atomic E-state index is 0.208. The van der Waals surface area contributed by atoms with Gasteiger partial charge in [0.05, 0.1) is 0 Å². The summed E-state index contributed by atoms with van der Waals surface area (Å²) >= 11 is 0. The molecular weight excluding hydrogens is 186 g/mol. The van der Waals surface area contributed by atoms with Gasteiger partial charge in [-0.2, -0.15) is 0 Å². The van der Waals surface area contributed by atoms with E-state index in [2.05, 4.69) is 36.7 Å². The minimum absolute atomic E-state index is 0.208. The van der Waals surface area contributed by atoms with Crippen LogP contribution in [0.1, 0.15) is 31.9 Å². The van der Waals surface area contributed by atoms with Crippen molar-refractivity contribution >= 4 is 5.82 Å². The highest BCUT2D eigenvalue weighted by molar-refractivity contribution is 5.45. The Labute approximate surface area is 91.3 Å². The van der Waals surface area contributed by atoms with E-state index in [9.17, 15) is 0 Å². The van der Waals surface area contributed by atoms with E-state index in [4.69, 9.17) is 5.73 Å². The summed E-state index contributed by atoms with van der Waals surface area (Å²) in [6.07, 6.45) is 2.89. The third kappa shape index (κ3) is 1.97. The zero-order valence-corrected chi connectivity index (χ0v) is 9.75. The number of nitrogen functional groups attached to an aromatic ring is 1. The van der Waals surface area contributed by atoms with Crippen molar-refractivity contribution in [3.05, 3.63) is 23.4 Å². The van der Waals surface area contributed by atoms with Gasteiger partial charge < -0.3 is 5.73 Å². The Kier molecular flexibility index (Phi) is 2.43. The second-order valence-corrected chi connectivity index (χ2v) is 5.18. The van der Waals surface area contributed by atoms with E-state index < -0.39 is 0 Å². The number of aromatic nitrogens is 1. The quantitative estimate of drug-likeness (QED) is 0.702. The molecule has 0 aliphatic carbocycles. The molecule has 1 aliphatic heterocycles. The van der Waals surface area contributed by atoms with Crippen LogP contribution in [0.2, 0.25) is 0 Å². The lowest BCUT2D eigenvalue weighted by Gasteiger charge is -2.39. The van der Waals surface area contributed by atoms with Crippen LogP contribution in [0, 0.1) is 0 Å². The molecule has 0 radical (unpaired) electrons. The maximum Gasteiger partial charge on any atom is 0.128 e. The molecule has 0 bridgehead atoms. The zero-order valence-electron chi connectivity index (χ0n) is 9.75. The fraction of sp³-hybridized carbons (Fsp3) is 0.583. The molecule has 0 aromatic carbocycles. The predicted molar refractivity (Wildman–Crippen MR) is 62.5 cm³/mol. The largest absolute Gasteiger partial charge is 0.383 e. The summed E-state index contributed by atoms with van der Waals surface area (Å²) in [5.41, 5.74) is 8.70. The molecule has 15 heavy (non-hydrogen) atoms. The van der Waals surface area contributed by atoms with Crippen LogP contribution in [0.5, 0.6) is 0 Å². The van der Waals surface area contributed by atoms with Crippen LogP contribution in [-0.4, -0.2) is 22.0 Å². The van der Waals surface area contributed by atoms with Gasteiger partial charge in [-0.1, -0.05) is 0 Å². The first-order valence-electron chi connectivity index (χ1n) is 5.46. The molecule has 3 heteroatoms. The van der Waals surface area contributed by atoms with E-state index in [0.29, 0.717) is 5.82 Å². The summed E-state index contributed by atoms with van der Waals surface area (Å²) in [5, 5.41) is 0. The van der Waals surface area contributed by atoms with Crippen LogP contribution >= 0.6 is 0 Å². The van der Waals surface area contributed by atoms with Crippen molar-refractivity contribution in [2.75, 3.05) is 12.3 Å². The van der Waals surface area contributed by atoms with E-state index in [-0.39, 0.29) is 5.54 Å². The molecular formula is C12H19N3.